The first-order chi connectivity index (χ1) is 17.7. The fourth-order valence-corrected chi connectivity index (χ4v) is 7.45. The molecule has 0 bridgehead atoms. The summed E-state index contributed by atoms with van der Waals surface area (Å²) in [5.74, 6) is -0.344. The third kappa shape index (κ3) is 5.40. The maximum Gasteiger partial charge on any atom is 0.243 e. The molecular formula is C27H27ClN4O3S2. The van der Waals surface area contributed by atoms with Crippen LogP contribution in [0.5, 0.6) is 0 Å². The monoisotopic (exact) mass is 554 g/mol. The van der Waals surface area contributed by atoms with Crippen LogP contribution in [0.15, 0.2) is 65.8 Å². The van der Waals surface area contributed by atoms with E-state index < -0.39 is 10.0 Å². The summed E-state index contributed by atoms with van der Waals surface area (Å²) in [5.41, 5.74) is 4.04. The summed E-state index contributed by atoms with van der Waals surface area (Å²) in [6.45, 7) is 4.99. The van der Waals surface area contributed by atoms with Gasteiger partial charge in [0.25, 0.3) is 0 Å². The molecule has 1 amide bonds. The first-order valence-corrected chi connectivity index (χ1v) is 14.7. The molecule has 3 heterocycles. The van der Waals surface area contributed by atoms with Crippen molar-refractivity contribution in [1.82, 2.24) is 14.3 Å². The van der Waals surface area contributed by atoms with Crippen molar-refractivity contribution in [2.24, 2.45) is 5.92 Å². The van der Waals surface area contributed by atoms with Gasteiger partial charge in [-0.3, -0.25) is 14.7 Å². The highest BCUT2D eigenvalue weighted by Gasteiger charge is 2.35. The lowest BCUT2D eigenvalue weighted by Gasteiger charge is -2.33. The number of carbonyl (C=O) groups excluding carboxylic acids is 1. The number of hydrogen-bond acceptors (Lipinski definition) is 6. The number of piperidine rings is 1. The Morgan fingerprint density at radius 2 is 1.86 bits per heavy atom. The molecule has 0 atom stereocenters. The van der Waals surface area contributed by atoms with Gasteiger partial charge in [0.05, 0.1) is 21.7 Å². The van der Waals surface area contributed by atoms with Gasteiger partial charge in [-0.05, 0) is 79.8 Å². The number of rotatable bonds is 6. The summed E-state index contributed by atoms with van der Waals surface area (Å²) in [7, 11) is -3.64. The van der Waals surface area contributed by atoms with E-state index in [0.717, 1.165) is 26.9 Å². The van der Waals surface area contributed by atoms with Gasteiger partial charge < -0.3 is 0 Å². The molecule has 0 aliphatic carbocycles. The van der Waals surface area contributed by atoms with Crippen molar-refractivity contribution in [3.63, 3.8) is 0 Å². The van der Waals surface area contributed by atoms with Crippen LogP contribution in [0.25, 0.3) is 10.2 Å². The van der Waals surface area contributed by atoms with Crippen molar-refractivity contribution in [2.45, 2.75) is 38.1 Å². The van der Waals surface area contributed by atoms with Crippen LogP contribution in [-0.2, 0) is 21.4 Å². The zero-order valence-electron chi connectivity index (χ0n) is 20.6. The Bertz CT molecular complexity index is 1530. The normalized spacial score (nSPS) is 15.2. The number of aromatic nitrogens is 2. The van der Waals surface area contributed by atoms with E-state index in [4.69, 9.17) is 16.6 Å². The van der Waals surface area contributed by atoms with E-state index in [0.29, 0.717) is 29.5 Å². The summed E-state index contributed by atoms with van der Waals surface area (Å²) in [4.78, 5) is 24.9. The smallest absolute Gasteiger partial charge is 0.243 e. The van der Waals surface area contributed by atoms with Gasteiger partial charge in [-0.1, -0.05) is 35.1 Å². The van der Waals surface area contributed by atoms with Crippen LogP contribution in [-0.4, -0.2) is 41.7 Å². The van der Waals surface area contributed by atoms with Gasteiger partial charge in [-0.15, -0.1) is 0 Å². The molecule has 1 fully saturated rings. The van der Waals surface area contributed by atoms with Crippen LogP contribution in [0.3, 0.4) is 0 Å². The van der Waals surface area contributed by atoms with Crippen molar-refractivity contribution >= 4 is 54.2 Å². The van der Waals surface area contributed by atoms with E-state index in [1.165, 1.54) is 27.8 Å². The predicted molar refractivity (Wildman–Crippen MR) is 147 cm³/mol. The Morgan fingerprint density at radius 1 is 1.14 bits per heavy atom. The number of fused-ring (bicyclic) bond motifs is 1. The van der Waals surface area contributed by atoms with E-state index >= 15 is 0 Å². The van der Waals surface area contributed by atoms with E-state index in [1.807, 2.05) is 19.1 Å². The standard InChI is InChI=1S/C27H27ClN4O3S2/c1-18-14-19(2)25-24(15-18)36-27(30-25)32(17-20-4-3-11-29-16-20)26(33)21-9-12-31(13-10-21)37(34,35)23-7-5-22(28)6-8-23/h3-8,11,14-16,21H,9-10,12-13,17H2,1-2H3. The molecule has 2 aromatic carbocycles. The number of aryl methyl sites for hydroxylation is 2. The van der Waals surface area contributed by atoms with Crippen molar-refractivity contribution in [2.75, 3.05) is 18.0 Å². The highest BCUT2D eigenvalue weighted by Crippen LogP contribution is 2.34. The van der Waals surface area contributed by atoms with Crippen molar-refractivity contribution in [3.05, 3.63) is 82.6 Å². The second-order valence-corrected chi connectivity index (χ2v) is 12.7. The number of halogens is 1. The van der Waals surface area contributed by atoms with Crippen molar-refractivity contribution < 1.29 is 13.2 Å². The van der Waals surface area contributed by atoms with Crippen LogP contribution in [0.4, 0.5) is 5.13 Å². The molecule has 1 aliphatic heterocycles. The summed E-state index contributed by atoms with van der Waals surface area (Å²) < 4.78 is 28.7. The number of benzene rings is 2. The molecule has 10 heteroatoms. The molecule has 1 aliphatic rings. The number of anilines is 1. The quantitative estimate of drug-likeness (QED) is 0.310. The van der Waals surface area contributed by atoms with Crippen LogP contribution in [0, 0.1) is 19.8 Å². The molecule has 0 spiro atoms. The zero-order chi connectivity index (χ0) is 26.2. The van der Waals surface area contributed by atoms with Crippen LogP contribution >= 0.6 is 22.9 Å². The lowest BCUT2D eigenvalue weighted by molar-refractivity contribution is -0.123. The second kappa shape index (κ2) is 10.5. The minimum absolute atomic E-state index is 0.0409. The Labute approximate surface area is 225 Å². The van der Waals surface area contributed by atoms with Gasteiger partial charge in [-0.25, -0.2) is 13.4 Å². The molecule has 1 saturated heterocycles. The van der Waals surface area contributed by atoms with Gasteiger partial charge in [-0.2, -0.15) is 4.31 Å². The number of amides is 1. The Hall–Kier alpha value is -2.85. The summed E-state index contributed by atoms with van der Waals surface area (Å²) in [5, 5.41) is 1.13. The van der Waals surface area contributed by atoms with E-state index in [9.17, 15) is 13.2 Å². The molecule has 0 radical (unpaired) electrons. The highest BCUT2D eigenvalue weighted by molar-refractivity contribution is 7.89. The fraction of sp³-hybridized carbons (Fsp3) is 0.296. The third-order valence-electron chi connectivity index (χ3n) is 6.63. The summed E-state index contributed by atoms with van der Waals surface area (Å²) in [6.07, 6.45) is 4.34. The second-order valence-electron chi connectivity index (χ2n) is 9.34. The van der Waals surface area contributed by atoms with Crippen LogP contribution in [0.2, 0.25) is 5.02 Å². The maximum atomic E-state index is 13.9. The SMILES string of the molecule is Cc1cc(C)c2nc(N(Cc3cccnc3)C(=O)C3CCN(S(=O)(=O)c4ccc(Cl)cc4)CC3)sc2c1. The van der Waals surface area contributed by atoms with Crippen molar-refractivity contribution in [1.29, 1.82) is 0 Å². The minimum Gasteiger partial charge on any atom is -0.283 e. The van der Waals surface area contributed by atoms with E-state index in [1.54, 1.807) is 29.4 Å². The van der Waals surface area contributed by atoms with E-state index in [-0.39, 0.29) is 29.8 Å². The first kappa shape index (κ1) is 25.8. The van der Waals surface area contributed by atoms with E-state index in [2.05, 4.69) is 24.0 Å². The fourth-order valence-electron chi connectivity index (χ4n) is 4.71. The molecule has 7 nitrogen and oxygen atoms in total. The summed E-state index contributed by atoms with van der Waals surface area (Å²) in [6, 6.07) is 14.2. The Balaban J connectivity index is 1.39. The van der Waals surface area contributed by atoms with Gasteiger partial charge in [0.1, 0.15) is 0 Å². The lowest BCUT2D eigenvalue weighted by Crippen LogP contribution is -2.44. The molecule has 0 N–H and O–H groups in total. The molecule has 0 saturated carbocycles. The highest BCUT2D eigenvalue weighted by atomic mass is 35.5. The minimum atomic E-state index is -3.64. The number of sulfonamides is 1. The molecular weight excluding hydrogens is 528 g/mol. The molecule has 37 heavy (non-hydrogen) atoms. The largest absolute Gasteiger partial charge is 0.283 e. The third-order valence-corrected chi connectivity index (χ3v) is 9.82. The Morgan fingerprint density at radius 3 is 2.54 bits per heavy atom. The number of thiazole rings is 1. The molecule has 4 aromatic rings. The molecule has 2 aromatic heterocycles. The number of nitrogens with zero attached hydrogens (tertiary/aromatic N) is 4. The lowest BCUT2D eigenvalue weighted by atomic mass is 9.96. The zero-order valence-corrected chi connectivity index (χ0v) is 23.0. The van der Waals surface area contributed by atoms with Gasteiger partial charge >= 0.3 is 0 Å². The number of carbonyl (C=O) groups is 1. The molecule has 192 valence electrons. The number of hydrogen-bond donors (Lipinski definition) is 0. The number of pyridine rings is 1. The average Bonchev–Trinajstić information content (AvgIpc) is 3.32. The predicted octanol–water partition coefficient (Wildman–Crippen LogP) is 5.60. The van der Waals surface area contributed by atoms with Crippen molar-refractivity contribution in [3.8, 4) is 0 Å². The maximum absolute atomic E-state index is 13.9. The van der Waals surface area contributed by atoms with Gasteiger partial charge in [0.15, 0.2) is 5.13 Å². The van der Waals surface area contributed by atoms with Crippen LogP contribution in [0.1, 0.15) is 29.5 Å². The topological polar surface area (TPSA) is 83.5 Å². The molecule has 0 unspecified atom stereocenters. The van der Waals surface area contributed by atoms with Gasteiger partial charge in [0, 0.05) is 36.4 Å². The van der Waals surface area contributed by atoms with Gasteiger partial charge in [0.2, 0.25) is 15.9 Å². The summed E-state index contributed by atoms with van der Waals surface area (Å²) >= 11 is 7.43. The van der Waals surface area contributed by atoms with Crippen LogP contribution < -0.4 is 4.90 Å². The Kier molecular flexibility index (Phi) is 7.31. The average molecular weight is 555 g/mol. The molecule has 5 rings (SSSR count). The first-order valence-electron chi connectivity index (χ1n) is 12.1.